The van der Waals surface area contributed by atoms with Crippen molar-refractivity contribution in [3.8, 4) is 0 Å². The number of likely N-dealkylation sites (N-methyl/N-ethyl adjacent to an activating group) is 1. The zero-order valence-electron chi connectivity index (χ0n) is 11.6. The molecular formula is C14H21F3N2. The highest BCUT2D eigenvalue weighted by Crippen LogP contribution is 2.24. The Morgan fingerprint density at radius 3 is 2.21 bits per heavy atom. The summed E-state index contributed by atoms with van der Waals surface area (Å²) in [6.45, 7) is 5.04. The maximum Gasteiger partial charge on any atom is 0.161 e. The van der Waals surface area contributed by atoms with Crippen LogP contribution in [-0.4, -0.2) is 25.0 Å². The van der Waals surface area contributed by atoms with Crippen LogP contribution in [-0.2, 0) is 0 Å². The summed E-state index contributed by atoms with van der Waals surface area (Å²) in [5.41, 5.74) is 5.75. The molecule has 0 aliphatic carbocycles. The largest absolute Gasteiger partial charge is 0.329 e. The van der Waals surface area contributed by atoms with Crippen LogP contribution < -0.4 is 5.73 Å². The molecule has 0 saturated carbocycles. The third-order valence-electron chi connectivity index (χ3n) is 3.21. The van der Waals surface area contributed by atoms with Crippen LogP contribution in [0.2, 0.25) is 0 Å². The number of hydrogen-bond acceptors (Lipinski definition) is 2. The molecule has 0 saturated heterocycles. The van der Waals surface area contributed by atoms with E-state index in [1.165, 1.54) is 0 Å². The van der Waals surface area contributed by atoms with Gasteiger partial charge in [0.15, 0.2) is 11.6 Å². The normalized spacial score (nSPS) is 13.3. The number of rotatable bonds is 6. The molecule has 1 aromatic rings. The van der Waals surface area contributed by atoms with Crippen molar-refractivity contribution in [2.45, 2.75) is 26.3 Å². The highest BCUT2D eigenvalue weighted by Gasteiger charge is 2.21. The van der Waals surface area contributed by atoms with Gasteiger partial charge >= 0.3 is 0 Å². The molecule has 19 heavy (non-hydrogen) atoms. The smallest absolute Gasteiger partial charge is 0.161 e. The zero-order chi connectivity index (χ0) is 14.6. The van der Waals surface area contributed by atoms with Crippen LogP contribution in [0.4, 0.5) is 13.2 Å². The summed E-state index contributed by atoms with van der Waals surface area (Å²) >= 11 is 0. The molecule has 0 heterocycles. The van der Waals surface area contributed by atoms with Crippen LogP contribution in [0.25, 0.3) is 0 Å². The van der Waals surface area contributed by atoms with Crippen molar-refractivity contribution < 1.29 is 13.2 Å². The molecule has 1 atom stereocenters. The summed E-state index contributed by atoms with van der Waals surface area (Å²) in [6.07, 6.45) is 0.929. The topological polar surface area (TPSA) is 29.3 Å². The molecule has 1 aromatic carbocycles. The zero-order valence-corrected chi connectivity index (χ0v) is 11.6. The van der Waals surface area contributed by atoms with Gasteiger partial charge in [-0.1, -0.05) is 13.8 Å². The average Bonchev–Trinajstić information content (AvgIpc) is 2.33. The minimum Gasteiger partial charge on any atom is -0.329 e. The third-order valence-corrected chi connectivity index (χ3v) is 3.21. The molecule has 0 amide bonds. The second-order valence-corrected chi connectivity index (χ2v) is 5.20. The van der Waals surface area contributed by atoms with Gasteiger partial charge in [0.05, 0.1) is 0 Å². The first-order chi connectivity index (χ1) is 8.86. The minimum atomic E-state index is -1.18. The van der Waals surface area contributed by atoms with E-state index in [1.807, 2.05) is 4.90 Å². The maximum absolute atomic E-state index is 13.7. The van der Waals surface area contributed by atoms with Crippen LogP contribution in [0.3, 0.4) is 0 Å². The summed E-state index contributed by atoms with van der Waals surface area (Å²) in [5, 5.41) is 0. The molecule has 1 unspecified atom stereocenters. The lowest BCUT2D eigenvalue weighted by molar-refractivity contribution is 0.230. The molecule has 2 nitrogen and oxygen atoms in total. The van der Waals surface area contributed by atoms with E-state index in [1.54, 1.807) is 7.05 Å². The molecular weight excluding hydrogens is 253 g/mol. The van der Waals surface area contributed by atoms with Crippen LogP contribution in [0.5, 0.6) is 0 Å². The SMILES string of the molecule is CC(C)CCN(C)C(CN)c1cc(F)c(F)cc1F. The van der Waals surface area contributed by atoms with E-state index >= 15 is 0 Å². The first-order valence-corrected chi connectivity index (χ1v) is 6.41. The number of halogens is 3. The van der Waals surface area contributed by atoms with Crippen LogP contribution in [0.15, 0.2) is 12.1 Å². The van der Waals surface area contributed by atoms with E-state index in [4.69, 9.17) is 5.73 Å². The maximum atomic E-state index is 13.7. The lowest BCUT2D eigenvalue weighted by Crippen LogP contribution is -2.32. The second kappa shape index (κ2) is 6.91. The van der Waals surface area contributed by atoms with Crippen LogP contribution in [0.1, 0.15) is 31.9 Å². The van der Waals surface area contributed by atoms with E-state index in [0.29, 0.717) is 12.0 Å². The van der Waals surface area contributed by atoms with Gasteiger partial charge < -0.3 is 5.73 Å². The molecule has 0 aliphatic heterocycles. The first-order valence-electron chi connectivity index (χ1n) is 6.41. The Balaban J connectivity index is 2.93. The molecule has 5 heteroatoms. The predicted octanol–water partition coefficient (Wildman–Crippen LogP) is 3.08. The lowest BCUT2D eigenvalue weighted by Gasteiger charge is -2.28. The number of hydrogen-bond donors (Lipinski definition) is 1. The monoisotopic (exact) mass is 274 g/mol. The fourth-order valence-corrected chi connectivity index (χ4v) is 1.96. The quantitative estimate of drug-likeness (QED) is 0.808. The summed E-state index contributed by atoms with van der Waals surface area (Å²) in [5.74, 6) is -2.48. The van der Waals surface area contributed by atoms with E-state index in [0.717, 1.165) is 19.0 Å². The van der Waals surface area contributed by atoms with Crippen molar-refractivity contribution >= 4 is 0 Å². The van der Waals surface area contributed by atoms with E-state index < -0.39 is 23.5 Å². The van der Waals surface area contributed by atoms with Crippen molar-refractivity contribution in [1.82, 2.24) is 4.90 Å². The Labute approximate surface area is 112 Å². The van der Waals surface area contributed by atoms with Gasteiger partial charge in [-0.25, -0.2) is 13.2 Å². The van der Waals surface area contributed by atoms with Crippen LogP contribution in [0, 0.1) is 23.4 Å². The summed E-state index contributed by atoms with van der Waals surface area (Å²) in [7, 11) is 1.81. The summed E-state index contributed by atoms with van der Waals surface area (Å²) in [6, 6.07) is 1.02. The van der Waals surface area contributed by atoms with Crippen molar-refractivity contribution in [3.05, 3.63) is 35.1 Å². The van der Waals surface area contributed by atoms with E-state index in [-0.39, 0.29) is 12.1 Å². The predicted molar refractivity (Wildman–Crippen MR) is 70.2 cm³/mol. The minimum absolute atomic E-state index is 0.104. The van der Waals surface area contributed by atoms with Gasteiger partial charge in [-0.15, -0.1) is 0 Å². The summed E-state index contributed by atoms with van der Waals surface area (Å²) in [4.78, 5) is 1.87. The fraction of sp³-hybridized carbons (Fsp3) is 0.571. The Bertz CT molecular complexity index is 421. The molecule has 0 spiro atoms. The van der Waals surface area contributed by atoms with Gasteiger partial charge in [0.25, 0.3) is 0 Å². The Kier molecular flexibility index (Phi) is 5.82. The lowest BCUT2D eigenvalue weighted by atomic mass is 10.0. The highest BCUT2D eigenvalue weighted by atomic mass is 19.2. The number of benzene rings is 1. The van der Waals surface area contributed by atoms with Crippen molar-refractivity contribution in [2.24, 2.45) is 11.7 Å². The van der Waals surface area contributed by atoms with Gasteiger partial charge in [-0.2, -0.15) is 0 Å². The van der Waals surface area contributed by atoms with E-state index in [2.05, 4.69) is 13.8 Å². The third kappa shape index (κ3) is 4.21. The summed E-state index contributed by atoms with van der Waals surface area (Å²) < 4.78 is 39.9. The average molecular weight is 274 g/mol. The molecule has 1 rings (SSSR count). The molecule has 0 bridgehead atoms. The Morgan fingerprint density at radius 2 is 1.68 bits per heavy atom. The number of nitrogens with zero attached hydrogens (tertiary/aromatic N) is 1. The Morgan fingerprint density at radius 1 is 1.11 bits per heavy atom. The van der Waals surface area contributed by atoms with Gasteiger partial charge in [-0.3, -0.25) is 4.90 Å². The molecule has 2 N–H and O–H groups in total. The van der Waals surface area contributed by atoms with Gasteiger partial charge in [0, 0.05) is 24.2 Å². The van der Waals surface area contributed by atoms with Crippen LogP contribution >= 0.6 is 0 Å². The molecule has 0 aliphatic rings. The molecule has 0 fully saturated rings. The van der Waals surface area contributed by atoms with E-state index in [9.17, 15) is 13.2 Å². The molecule has 0 radical (unpaired) electrons. The molecule has 108 valence electrons. The van der Waals surface area contributed by atoms with Gasteiger partial charge in [-0.05, 0) is 32.0 Å². The number of nitrogens with two attached hydrogens (primary N) is 1. The van der Waals surface area contributed by atoms with Gasteiger partial charge in [0.1, 0.15) is 5.82 Å². The van der Waals surface area contributed by atoms with Crippen molar-refractivity contribution in [3.63, 3.8) is 0 Å². The second-order valence-electron chi connectivity index (χ2n) is 5.20. The van der Waals surface area contributed by atoms with Crippen molar-refractivity contribution in [2.75, 3.05) is 20.1 Å². The standard InChI is InChI=1S/C14H21F3N2/c1-9(2)4-5-19(3)14(8-18)10-6-12(16)13(17)7-11(10)15/h6-7,9,14H,4-5,8,18H2,1-3H3. The first kappa shape index (κ1) is 16.0. The fourth-order valence-electron chi connectivity index (χ4n) is 1.96. The highest BCUT2D eigenvalue weighted by molar-refractivity contribution is 5.23. The molecule has 0 aromatic heterocycles. The Hall–Kier alpha value is -1.07. The van der Waals surface area contributed by atoms with Gasteiger partial charge in [0.2, 0.25) is 0 Å². The van der Waals surface area contributed by atoms with Crippen molar-refractivity contribution in [1.29, 1.82) is 0 Å².